The second-order valence-corrected chi connectivity index (χ2v) is 8.06. The van der Waals surface area contributed by atoms with Crippen molar-refractivity contribution in [2.24, 2.45) is 5.92 Å². The lowest BCUT2D eigenvalue weighted by Crippen LogP contribution is -2.22. The zero-order valence-electron chi connectivity index (χ0n) is 15.6. The normalized spacial score (nSPS) is 20.0. The Kier molecular flexibility index (Phi) is 4.36. The highest BCUT2D eigenvalue weighted by Crippen LogP contribution is 2.34. The number of hydrogen-bond donors (Lipinski definition) is 2. The van der Waals surface area contributed by atoms with Crippen LogP contribution in [-0.2, 0) is 0 Å². The minimum atomic E-state index is -0.480. The van der Waals surface area contributed by atoms with Crippen LogP contribution in [0, 0.1) is 11.7 Å². The molecule has 0 spiro atoms. The molecule has 144 valence electrons. The molecule has 1 aromatic carbocycles. The number of nitrogens with zero attached hydrogens (tertiary/aromatic N) is 2. The molecule has 6 heteroatoms. The first-order valence-electron chi connectivity index (χ1n) is 9.91. The molecular formula is C22H23FN4O. The van der Waals surface area contributed by atoms with Gasteiger partial charge < -0.3 is 15.2 Å². The largest absolute Gasteiger partial charge is 0.351 e. The summed E-state index contributed by atoms with van der Waals surface area (Å²) in [6, 6.07) is 9.52. The third-order valence-electron chi connectivity index (χ3n) is 5.81. The number of likely N-dealkylation sites (tertiary alicyclic amines) is 1. The quantitative estimate of drug-likeness (QED) is 0.701. The maximum atomic E-state index is 13.3. The highest BCUT2D eigenvalue weighted by Gasteiger charge is 2.29. The lowest BCUT2D eigenvalue weighted by atomic mass is 9.97. The summed E-state index contributed by atoms with van der Waals surface area (Å²) in [5.74, 6) is 0.710. The number of halogens is 1. The molecule has 1 unspecified atom stereocenters. The fourth-order valence-electron chi connectivity index (χ4n) is 4.14. The summed E-state index contributed by atoms with van der Waals surface area (Å²) in [5.41, 5.74) is 3.06. The van der Waals surface area contributed by atoms with Gasteiger partial charge in [0, 0.05) is 30.1 Å². The highest BCUT2D eigenvalue weighted by molar-refractivity contribution is 6.05. The molecule has 2 aromatic heterocycles. The maximum Gasteiger partial charge on any atom is 0.272 e. The Hall–Kier alpha value is -2.73. The molecular weight excluding hydrogens is 355 g/mol. The van der Waals surface area contributed by atoms with Crippen molar-refractivity contribution < 1.29 is 9.18 Å². The first-order valence-corrected chi connectivity index (χ1v) is 9.91. The Labute approximate surface area is 163 Å². The van der Waals surface area contributed by atoms with Crippen LogP contribution in [0.4, 0.5) is 10.1 Å². The fraction of sp³-hybridized carbons (Fsp3) is 0.364. The van der Waals surface area contributed by atoms with Gasteiger partial charge in [-0.15, -0.1) is 0 Å². The molecule has 1 saturated carbocycles. The fourth-order valence-corrected chi connectivity index (χ4v) is 4.14. The molecule has 3 aromatic rings. The number of benzene rings is 1. The van der Waals surface area contributed by atoms with Crippen LogP contribution in [-0.4, -0.2) is 40.4 Å². The summed E-state index contributed by atoms with van der Waals surface area (Å²) >= 11 is 0. The number of rotatable bonds is 5. The first-order chi connectivity index (χ1) is 13.6. The van der Waals surface area contributed by atoms with E-state index in [-0.39, 0.29) is 5.91 Å². The molecule has 5 rings (SSSR count). The second-order valence-electron chi connectivity index (χ2n) is 8.06. The van der Waals surface area contributed by atoms with Crippen LogP contribution in [0.2, 0.25) is 0 Å². The Morgan fingerprint density at radius 1 is 1.21 bits per heavy atom. The third kappa shape index (κ3) is 3.64. The summed E-state index contributed by atoms with van der Waals surface area (Å²) in [4.78, 5) is 22.0. The third-order valence-corrected chi connectivity index (χ3v) is 5.81. The molecule has 2 aliphatic rings. The Bertz CT molecular complexity index is 1030. The van der Waals surface area contributed by atoms with E-state index in [1.54, 1.807) is 0 Å². The van der Waals surface area contributed by atoms with Gasteiger partial charge in [-0.05, 0) is 61.4 Å². The van der Waals surface area contributed by atoms with Crippen LogP contribution in [0.5, 0.6) is 0 Å². The SMILES string of the molecule is O=C(Nc1cncc(F)c1)c1cc2cc(C3CCN(CC4CC4)C3)ccc2[nH]1. The van der Waals surface area contributed by atoms with E-state index in [4.69, 9.17) is 0 Å². The van der Waals surface area contributed by atoms with Crippen molar-refractivity contribution in [3.63, 3.8) is 0 Å². The number of nitrogens with one attached hydrogen (secondary N) is 2. The molecule has 1 aliphatic carbocycles. The molecule has 0 bridgehead atoms. The van der Waals surface area contributed by atoms with Gasteiger partial charge >= 0.3 is 0 Å². The number of carbonyl (C=O) groups excluding carboxylic acids is 1. The number of hydrogen-bond acceptors (Lipinski definition) is 3. The van der Waals surface area contributed by atoms with Crippen molar-refractivity contribution >= 4 is 22.5 Å². The van der Waals surface area contributed by atoms with Crippen molar-refractivity contribution in [2.75, 3.05) is 25.0 Å². The summed E-state index contributed by atoms with van der Waals surface area (Å²) in [6.45, 7) is 3.57. The predicted molar refractivity (Wildman–Crippen MR) is 107 cm³/mol. The van der Waals surface area contributed by atoms with Gasteiger partial charge in [-0.25, -0.2) is 4.39 Å². The predicted octanol–water partition coefficient (Wildman–Crippen LogP) is 4.15. The van der Waals surface area contributed by atoms with Gasteiger partial charge in [0.15, 0.2) is 0 Å². The van der Waals surface area contributed by atoms with Crippen molar-refractivity contribution in [2.45, 2.75) is 25.2 Å². The topological polar surface area (TPSA) is 61.0 Å². The molecule has 2 fully saturated rings. The highest BCUT2D eigenvalue weighted by atomic mass is 19.1. The van der Waals surface area contributed by atoms with E-state index < -0.39 is 5.82 Å². The van der Waals surface area contributed by atoms with Gasteiger partial charge in [0.25, 0.3) is 5.91 Å². The zero-order chi connectivity index (χ0) is 19.1. The van der Waals surface area contributed by atoms with Gasteiger partial charge in [0.1, 0.15) is 11.5 Å². The van der Waals surface area contributed by atoms with E-state index in [9.17, 15) is 9.18 Å². The maximum absolute atomic E-state index is 13.3. The average molecular weight is 378 g/mol. The molecule has 1 amide bonds. The van der Waals surface area contributed by atoms with Gasteiger partial charge in [0.2, 0.25) is 0 Å². The number of aromatic amines is 1. The summed E-state index contributed by atoms with van der Waals surface area (Å²) in [7, 11) is 0. The number of pyridine rings is 1. The van der Waals surface area contributed by atoms with Crippen LogP contribution >= 0.6 is 0 Å². The van der Waals surface area contributed by atoms with Crippen molar-refractivity contribution in [3.05, 3.63) is 59.8 Å². The molecule has 0 radical (unpaired) electrons. The summed E-state index contributed by atoms with van der Waals surface area (Å²) in [5, 5.41) is 3.71. The van der Waals surface area contributed by atoms with Gasteiger partial charge in [-0.1, -0.05) is 6.07 Å². The van der Waals surface area contributed by atoms with Gasteiger partial charge in [-0.3, -0.25) is 9.78 Å². The van der Waals surface area contributed by atoms with Crippen molar-refractivity contribution in [1.82, 2.24) is 14.9 Å². The van der Waals surface area contributed by atoms with E-state index in [1.165, 1.54) is 50.2 Å². The van der Waals surface area contributed by atoms with Crippen molar-refractivity contribution in [3.8, 4) is 0 Å². The summed E-state index contributed by atoms with van der Waals surface area (Å²) < 4.78 is 13.3. The Morgan fingerprint density at radius 2 is 2.11 bits per heavy atom. The lowest BCUT2D eigenvalue weighted by molar-refractivity contribution is 0.102. The smallest absolute Gasteiger partial charge is 0.272 e. The number of H-pyrrole nitrogens is 1. The van der Waals surface area contributed by atoms with Crippen molar-refractivity contribution in [1.29, 1.82) is 0 Å². The number of anilines is 1. The van der Waals surface area contributed by atoms with Gasteiger partial charge in [0.05, 0.1) is 18.1 Å². The molecule has 3 heterocycles. The van der Waals surface area contributed by atoms with Crippen LogP contribution in [0.1, 0.15) is 41.2 Å². The Balaban J connectivity index is 1.31. The van der Waals surface area contributed by atoms with E-state index in [0.717, 1.165) is 29.6 Å². The second kappa shape index (κ2) is 7.02. The molecule has 28 heavy (non-hydrogen) atoms. The van der Waals surface area contributed by atoms with Crippen LogP contribution in [0.15, 0.2) is 42.7 Å². The number of amides is 1. The zero-order valence-corrected chi connectivity index (χ0v) is 15.6. The molecule has 1 atom stereocenters. The van der Waals surface area contributed by atoms with E-state index in [2.05, 4.69) is 38.4 Å². The monoisotopic (exact) mass is 378 g/mol. The number of aromatic nitrogens is 2. The van der Waals surface area contributed by atoms with E-state index in [1.807, 2.05) is 6.07 Å². The standard InChI is InChI=1S/C22H23FN4O/c23-18-9-19(11-24-10-18)25-22(28)21-8-17-7-15(3-4-20(17)26-21)16-5-6-27(13-16)12-14-1-2-14/h3-4,7-11,14,16,26H,1-2,5-6,12-13H2,(H,25,28). The first kappa shape index (κ1) is 17.4. The average Bonchev–Trinajstić information content (AvgIpc) is 3.20. The van der Waals surface area contributed by atoms with E-state index >= 15 is 0 Å². The molecule has 1 aliphatic heterocycles. The molecule has 5 nitrogen and oxygen atoms in total. The summed E-state index contributed by atoms with van der Waals surface area (Å²) in [6.07, 6.45) is 6.52. The van der Waals surface area contributed by atoms with Gasteiger partial charge in [-0.2, -0.15) is 0 Å². The lowest BCUT2D eigenvalue weighted by Gasteiger charge is -2.15. The number of carbonyl (C=O) groups is 1. The van der Waals surface area contributed by atoms with Crippen LogP contribution in [0.25, 0.3) is 10.9 Å². The molecule has 1 saturated heterocycles. The van der Waals surface area contributed by atoms with E-state index in [0.29, 0.717) is 17.3 Å². The minimum Gasteiger partial charge on any atom is -0.351 e. The molecule has 2 N–H and O–H groups in total. The van der Waals surface area contributed by atoms with Crippen LogP contribution in [0.3, 0.4) is 0 Å². The van der Waals surface area contributed by atoms with Crippen LogP contribution < -0.4 is 5.32 Å². The minimum absolute atomic E-state index is 0.304. The number of fused-ring (bicyclic) bond motifs is 1. The Morgan fingerprint density at radius 3 is 2.93 bits per heavy atom.